The van der Waals surface area contributed by atoms with Crippen LogP contribution in [0.1, 0.15) is 50.4 Å². The Balaban J connectivity index is 1.71. The van der Waals surface area contributed by atoms with Crippen molar-refractivity contribution in [2.75, 3.05) is 25.0 Å². The lowest BCUT2D eigenvalue weighted by atomic mass is 10.1. The minimum Gasteiger partial charge on any atom is -0.371 e. The molecule has 2 heterocycles. The quantitative estimate of drug-likeness (QED) is 0.787. The van der Waals surface area contributed by atoms with Gasteiger partial charge in [-0.1, -0.05) is 32.0 Å². The van der Waals surface area contributed by atoms with Crippen LogP contribution in [0.15, 0.2) is 24.3 Å². The molecular formula is C19H29N5S. The van der Waals surface area contributed by atoms with Crippen molar-refractivity contribution in [2.45, 2.75) is 52.2 Å². The van der Waals surface area contributed by atoms with E-state index in [1.807, 2.05) is 4.68 Å². The number of nitrogens with zero attached hydrogens (tertiary/aromatic N) is 4. The molecule has 1 aromatic carbocycles. The maximum absolute atomic E-state index is 5.39. The van der Waals surface area contributed by atoms with Crippen LogP contribution in [0.4, 0.5) is 5.69 Å². The molecule has 0 aliphatic carbocycles. The van der Waals surface area contributed by atoms with E-state index in [0.29, 0.717) is 17.4 Å². The Bertz CT molecular complexity index is 742. The molecule has 1 N–H and O–H groups in total. The lowest BCUT2D eigenvalue weighted by molar-refractivity contribution is 0.243. The van der Waals surface area contributed by atoms with Gasteiger partial charge in [0.15, 0.2) is 0 Å². The van der Waals surface area contributed by atoms with Crippen molar-refractivity contribution >= 4 is 17.9 Å². The van der Waals surface area contributed by atoms with Crippen molar-refractivity contribution in [3.05, 3.63) is 40.4 Å². The van der Waals surface area contributed by atoms with Crippen LogP contribution >= 0.6 is 12.2 Å². The Labute approximate surface area is 155 Å². The fraction of sp³-hybridized carbons (Fsp3) is 0.579. The van der Waals surface area contributed by atoms with Gasteiger partial charge in [-0.3, -0.25) is 10.00 Å². The van der Waals surface area contributed by atoms with Crippen LogP contribution in [0, 0.1) is 4.77 Å². The van der Waals surface area contributed by atoms with Crippen LogP contribution in [0.25, 0.3) is 0 Å². The number of piperidine rings is 1. The third kappa shape index (κ3) is 4.50. The Morgan fingerprint density at radius 3 is 2.60 bits per heavy atom. The molecule has 1 fully saturated rings. The molecule has 0 atom stereocenters. The van der Waals surface area contributed by atoms with Gasteiger partial charge in [-0.05, 0) is 50.2 Å². The topological polar surface area (TPSA) is 40.1 Å². The molecule has 0 radical (unpaired) electrons. The summed E-state index contributed by atoms with van der Waals surface area (Å²) in [6.07, 6.45) is 3.95. The summed E-state index contributed by atoms with van der Waals surface area (Å²) in [7, 11) is 2.13. The standard InChI is InChI=1S/C19H29N5S/c1-15(2)18-20-19(25)24(21-18)14-22(3)13-16-9-5-6-10-17(16)23-11-7-4-8-12-23/h5-6,9-10,15H,4,7-8,11-14H2,1-3H3,(H,20,21,25). The lowest BCUT2D eigenvalue weighted by Gasteiger charge is -2.31. The fourth-order valence-electron chi connectivity index (χ4n) is 3.40. The highest BCUT2D eigenvalue weighted by molar-refractivity contribution is 7.71. The molecule has 25 heavy (non-hydrogen) atoms. The SMILES string of the molecule is CC(C)c1nc(=S)n(CN(C)Cc2ccccc2N2CCCCC2)[nH]1. The maximum atomic E-state index is 5.39. The molecule has 2 aromatic rings. The second kappa shape index (κ2) is 8.15. The van der Waals surface area contributed by atoms with E-state index >= 15 is 0 Å². The molecule has 1 aliphatic rings. The number of para-hydroxylation sites is 1. The maximum Gasteiger partial charge on any atom is 0.217 e. The van der Waals surface area contributed by atoms with Crippen LogP contribution in [0.3, 0.4) is 0 Å². The van der Waals surface area contributed by atoms with Gasteiger partial charge in [0.1, 0.15) is 5.82 Å². The number of H-pyrrole nitrogens is 1. The first-order chi connectivity index (χ1) is 12.0. The minimum absolute atomic E-state index is 0.355. The van der Waals surface area contributed by atoms with E-state index < -0.39 is 0 Å². The largest absolute Gasteiger partial charge is 0.371 e. The fourth-order valence-corrected chi connectivity index (χ4v) is 3.60. The van der Waals surface area contributed by atoms with Crippen LogP contribution in [-0.2, 0) is 13.2 Å². The summed E-state index contributed by atoms with van der Waals surface area (Å²) < 4.78 is 2.58. The summed E-state index contributed by atoms with van der Waals surface area (Å²) in [6.45, 7) is 8.19. The number of hydrogen-bond donors (Lipinski definition) is 1. The third-order valence-electron chi connectivity index (χ3n) is 4.75. The van der Waals surface area contributed by atoms with E-state index in [2.05, 4.69) is 65.0 Å². The van der Waals surface area contributed by atoms with Crippen LogP contribution in [0.5, 0.6) is 0 Å². The molecule has 1 aliphatic heterocycles. The van der Waals surface area contributed by atoms with Crippen molar-refractivity contribution in [2.24, 2.45) is 0 Å². The number of nitrogens with one attached hydrogen (secondary N) is 1. The van der Waals surface area contributed by atoms with E-state index in [-0.39, 0.29) is 0 Å². The second-order valence-electron chi connectivity index (χ2n) is 7.31. The second-order valence-corrected chi connectivity index (χ2v) is 7.67. The van der Waals surface area contributed by atoms with Crippen molar-refractivity contribution in [1.29, 1.82) is 0 Å². The number of aromatic amines is 1. The number of benzene rings is 1. The lowest BCUT2D eigenvalue weighted by Crippen LogP contribution is -2.31. The van der Waals surface area contributed by atoms with Gasteiger partial charge in [0, 0.05) is 31.2 Å². The molecule has 1 saturated heterocycles. The third-order valence-corrected chi connectivity index (χ3v) is 5.07. The summed E-state index contributed by atoms with van der Waals surface area (Å²) in [5.41, 5.74) is 2.76. The van der Waals surface area contributed by atoms with Gasteiger partial charge in [0.05, 0.1) is 6.67 Å². The average molecular weight is 360 g/mol. The highest BCUT2D eigenvalue weighted by Crippen LogP contribution is 2.25. The zero-order valence-electron chi connectivity index (χ0n) is 15.5. The van der Waals surface area contributed by atoms with Gasteiger partial charge in [0.25, 0.3) is 0 Å². The summed E-state index contributed by atoms with van der Waals surface area (Å²) in [4.78, 5) is 9.26. The predicted molar refractivity (Wildman–Crippen MR) is 105 cm³/mol. The summed E-state index contributed by atoms with van der Waals surface area (Å²) in [5.74, 6) is 1.31. The van der Waals surface area contributed by atoms with Crippen LogP contribution in [-0.4, -0.2) is 39.8 Å². The Morgan fingerprint density at radius 2 is 1.92 bits per heavy atom. The highest BCUT2D eigenvalue weighted by atomic mass is 32.1. The Kier molecular flexibility index (Phi) is 5.91. The summed E-state index contributed by atoms with van der Waals surface area (Å²) in [5, 5.41) is 3.32. The first kappa shape index (κ1) is 18.1. The van der Waals surface area contributed by atoms with Crippen molar-refractivity contribution in [3.8, 4) is 0 Å². The normalized spacial score (nSPS) is 15.3. The molecule has 0 bridgehead atoms. The molecule has 3 rings (SSSR count). The molecule has 0 spiro atoms. The Hall–Kier alpha value is -1.66. The molecule has 5 nitrogen and oxygen atoms in total. The number of hydrogen-bond acceptors (Lipinski definition) is 4. The predicted octanol–water partition coefficient (Wildman–Crippen LogP) is 4.14. The summed E-state index contributed by atoms with van der Waals surface area (Å²) in [6, 6.07) is 8.78. The molecule has 0 unspecified atom stereocenters. The van der Waals surface area contributed by atoms with E-state index in [9.17, 15) is 0 Å². The van der Waals surface area contributed by atoms with Crippen LogP contribution in [0.2, 0.25) is 0 Å². The molecule has 6 heteroatoms. The highest BCUT2D eigenvalue weighted by Gasteiger charge is 2.15. The minimum atomic E-state index is 0.355. The smallest absolute Gasteiger partial charge is 0.217 e. The molecule has 136 valence electrons. The van der Waals surface area contributed by atoms with E-state index in [1.165, 1.54) is 43.6 Å². The Morgan fingerprint density at radius 1 is 1.20 bits per heavy atom. The zero-order valence-corrected chi connectivity index (χ0v) is 16.4. The van der Waals surface area contributed by atoms with E-state index in [0.717, 1.165) is 12.4 Å². The van der Waals surface area contributed by atoms with E-state index in [1.54, 1.807) is 0 Å². The van der Waals surface area contributed by atoms with Crippen molar-refractivity contribution < 1.29 is 0 Å². The first-order valence-electron chi connectivity index (χ1n) is 9.22. The average Bonchev–Trinajstić information content (AvgIpc) is 2.97. The van der Waals surface area contributed by atoms with Crippen LogP contribution < -0.4 is 4.90 Å². The molecule has 0 amide bonds. The molecular weight excluding hydrogens is 330 g/mol. The number of anilines is 1. The number of rotatable bonds is 6. The monoisotopic (exact) mass is 359 g/mol. The zero-order chi connectivity index (χ0) is 17.8. The molecule has 1 aromatic heterocycles. The molecule has 0 saturated carbocycles. The van der Waals surface area contributed by atoms with Crippen molar-refractivity contribution in [3.63, 3.8) is 0 Å². The van der Waals surface area contributed by atoms with Gasteiger partial charge in [-0.25, -0.2) is 9.67 Å². The van der Waals surface area contributed by atoms with Gasteiger partial charge in [-0.2, -0.15) is 0 Å². The number of aromatic nitrogens is 3. The van der Waals surface area contributed by atoms with Gasteiger partial charge < -0.3 is 4.90 Å². The van der Waals surface area contributed by atoms with Gasteiger partial charge in [0.2, 0.25) is 4.77 Å². The van der Waals surface area contributed by atoms with E-state index in [4.69, 9.17) is 12.2 Å². The van der Waals surface area contributed by atoms with Crippen molar-refractivity contribution in [1.82, 2.24) is 19.7 Å². The first-order valence-corrected chi connectivity index (χ1v) is 9.63. The summed E-state index contributed by atoms with van der Waals surface area (Å²) >= 11 is 5.39. The van der Waals surface area contributed by atoms with Gasteiger partial charge in [-0.15, -0.1) is 0 Å². The van der Waals surface area contributed by atoms with Gasteiger partial charge >= 0.3 is 0 Å².